The summed E-state index contributed by atoms with van der Waals surface area (Å²) in [6.45, 7) is 2.72. The van der Waals surface area contributed by atoms with E-state index in [2.05, 4.69) is 23.3 Å². The molecule has 128 valence electrons. The minimum Gasteiger partial charge on any atom is -0.355 e. The lowest BCUT2D eigenvalue weighted by Gasteiger charge is -2.14. The third-order valence-corrected chi connectivity index (χ3v) is 4.01. The van der Waals surface area contributed by atoms with Crippen molar-refractivity contribution in [1.29, 1.82) is 0 Å². The fourth-order valence-corrected chi connectivity index (χ4v) is 2.48. The second-order valence-corrected chi connectivity index (χ2v) is 6.04. The maximum Gasteiger partial charge on any atom is 0.229 e. The zero-order valence-electron chi connectivity index (χ0n) is 13.9. The lowest BCUT2D eigenvalue weighted by molar-refractivity contribution is -0.122. The lowest BCUT2D eigenvalue weighted by atomic mass is 10.1. The third-order valence-electron chi connectivity index (χ3n) is 3.72. The van der Waals surface area contributed by atoms with Crippen LogP contribution in [0.15, 0.2) is 30.3 Å². The zero-order valence-corrected chi connectivity index (χ0v) is 14.8. The first-order valence-electron chi connectivity index (χ1n) is 8.35. The van der Waals surface area contributed by atoms with Gasteiger partial charge < -0.3 is 10.6 Å². The van der Waals surface area contributed by atoms with Crippen molar-refractivity contribution < 1.29 is 9.59 Å². The average Bonchev–Trinajstić information content (AvgIpc) is 2.57. The van der Waals surface area contributed by atoms with Gasteiger partial charge in [-0.3, -0.25) is 9.59 Å². The molecule has 1 rings (SSSR count). The van der Waals surface area contributed by atoms with Crippen molar-refractivity contribution >= 4 is 24.4 Å². The SMILES string of the molecule is CC(NC(=O)CCCCCCCNC(=O)CS)c1ccccc1. The van der Waals surface area contributed by atoms with Gasteiger partial charge in [-0.2, -0.15) is 12.6 Å². The highest BCUT2D eigenvalue weighted by atomic mass is 32.1. The summed E-state index contributed by atoms with van der Waals surface area (Å²) >= 11 is 3.90. The molecule has 0 fully saturated rings. The summed E-state index contributed by atoms with van der Waals surface area (Å²) in [7, 11) is 0. The molecule has 2 N–H and O–H groups in total. The first kappa shape index (κ1) is 19.6. The highest BCUT2D eigenvalue weighted by Gasteiger charge is 2.08. The van der Waals surface area contributed by atoms with Crippen molar-refractivity contribution in [3.8, 4) is 0 Å². The Hall–Kier alpha value is -1.49. The Bertz CT molecular complexity index is 465. The topological polar surface area (TPSA) is 58.2 Å². The van der Waals surface area contributed by atoms with Gasteiger partial charge in [0.25, 0.3) is 0 Å². The lowest BCUT2D eigenvalue weighted by Crippen LogP contribution is -2.26. The van der Waals surface area contributed by atoms with E-state index in [1.54, 1.807) is 0 Å². The first-order chi connectivity index (χ1) is 11.1. The van der Waals surface area contributed by atoms with Gasteiger partial charge >= 0.3 is 0 Å². The summed E-state index contributed by atoms with van der Waals surface area (Å²) in [5, 5.41) is 5.83. The van der Waals surface area contributed by atoms with E-state index in [0.29, 0.717) is 13.0 Å². The van der Waals surface area contributed by atoms with Crippen LogP contribution in [0.3, 0.4) is 0 Å². The van der Waals surface area contributed by atoms with E-state index in [9.17, 15) is 9.59 Å². The number of unbranched alkanes of at least 4 members (excludes halogenated alkanes) is 4. The van der Waals surface area contributed by atoms with Crippen LogP contribution in [0, 0.1) is 0 Å². The van der Waals surface area contributed by atoms with Gasteiger partial charge in [0.15, 0.2) is 0 Å². The van der Waals surface area contributed by atoms with E-state index >= 15 is 0 Å². The van der Waals surface area contributed by atoms with Gasteiger partial charge in [-0.05, 0) is 25.3 Å². The molecular formula is C18H28N2O2S. The standard InChI is InChI=1S/C18H28N2O2S/c1-15(16-10-6-5-7-11-16)20-17(21)12-8-3-2-4-9-13-19-18(22)14-23/h5-7,10-11,15,23H,2-4,8-9,12-14H2,1H3,(H,19,22)(H,20,21). The summed E-state index contributed by atoms with van der Waals surface area (Å²) in [5.74, 6) is 0.344. The highest BCUT2D eigenvalue weighted by molar-refractivity contribution is 7.81. The number of thiol groups is 1. The van der Waals surface area contributed by atoms with Crippen molar-refractivity contribution in [2.24, 2.45) is 0 Å². The Morgan fingerprint density at radius 1 is 1.00 bits per heavy atom. The number of carbonyl (C=O) groups excluding carboxylic acids is 2. The highest BCUT2D eigenvalue weighted by Crippen LogP contribution is 2.12. The molecule has 0 heterocycles. The molecule has 4 nitrogen and oxygen atoms in total. The average molecular weight is 337 g/mol. The molecule has 0 saturated heterocycles. The number of benzene rings is 1. The Labute approximate surface area is 144 Å². The number of carbonyl (C=O) groups is 2. The monoisotopic (exact) mass is 336 g/mol. The van der Waals surface area contributed by atoms with Crippen LogP contribution in [0.25, 0.3) is 0 Å². The van der Waals surface area contributed by atoms with Crippen LogP contribution >= 0.6 is 12.6 Å². The molecule has 1 unspecified atom stereocenters. The van der Waals surface area contributed by atoms with Gasteiger partial charge in [-0.25, -0.2) is 0 Å². The van der Waals surface area contributed by atoms with Gasteiger partial charge in [0.2, 0.25) is 11.8 Å². The molecule has 0 radical (unpaired) electrons. The Kier molecular flexibility index (Phi) is 10.2. The van der Waals surface area contributed by atoms with Crippen LogP contribution < -0.4 is 10.6 Å². The molecule has 0 aliphatic heterocycles. The maximum absolute atomic E-state index is 11.9. The molecule has 1 aromatic carbocycles. The molecule has 0 spiro atoms. The summed E-state index contributed by atoms with van der Waals surface area (Å²) in [6, 6.07) is 10.0. The van der Waals surface area contributed by atoms with E-state index in [1.807, 2.05) is 37.3 Å². The van der Waals surface area contributed by atoms with Gasteiger partial charge in [0, 0.05) is 13.0 Å². The number of nitrogens with one attached hydrogen (secondary N) is 2. The molecule has 23 heavy (non-hydrogen) atoms. The molecule has 5 heteroatoms. The first-order valence-corrected chi connectivity index (χ1v) is 8.98. The predicted octanol–water partition coefficient (Wildman–Crippen LogP) is 3.25. The predicted molar refractivity (Wildman–Crippen MR) is 97.6 cm³/mol. The maximum atomic E-state index is 11.9. The summed E-state index contributed by atoms with van der Waals surface area (Å²) in [4.78, 5) is 22.9. The Morgan fingerprint density at radius 2 is 1.65 bits per heavy atom. The number of hydrogen-bond acceptors (Lipinski definition) is 3. The number of rotatable bonds is 11. The van der Waals surface area contributed by atoms with Crippen molar-refractivity contribution in [1.82, 2.24) is 10.6 Å². The number of amides is 2. The second kappa shape index (κ2) is 12.0. The van der Waals surface area contributed by atoms with Crippen LogP contribution in [-0.2, 0) is 9.59 Å². The van der Waals surface area contributed by atoms with E-state index in [0.717, 1.165) is 37.7 Å². The molecule has 0 aromatic heterocycles. The normalized spacial score (nSPS) is 11.7. The van der Waals surface area contributed by atoms with E-state index in [1.165, 1.54) is 0 Å². The van der Waals surface area contributed by atoms with E-state index < -0.39 is 0 Å². The van der Waals surface area contributed by atoms with Crippen LogP contribution in [0.5, 0.6) is 0 Å². The molecule has 0 bridgehead atoms. The van der Waals surface area contributed by atoms with Gasteiger partial charge in [0.1, 0.15) is 0 Å². The molecule has 0 aliphatic carbocycles. The summed E-state index contributed by atoms with van der Waals surface area (Å²) < 4.78 is 0. The summed E-state index contributed by atoms with van der Waals surface area (Å²) in [6.07, 6.45) is 5.70. The molecule has 1 aromatic rings. The summed E-state index contributed by atoms with van der Waals surface area (Å²) in [5.41, 5.74) is 1.13. The molecule has 1 atom stereocenters. The smallest absolute Gasteiger partial charge is 0.229 e. The van der Waals surface area contributed by atoms with Crippen LogP contribution in [0.1, 0.15) is 57.1 Å². The Balaban J connectivity index is 2.01. The van der Waals surface area contributed by atoms with Crippen LogP contribution in [0.4, 0.5) is 0 Å². The fourth-order valence-electron chi connectivity index (χ4n) is 2.36. The van der Waals surface area contributed by atoms with Gasteiger partial charge in [-0.1, -0.05) is 49.6 Å². The van der Waals surface area contributed by atoms with Crippen molar-refractivity contribution in [3.05, 3.63) is 35.9 Å². The zero-order chi connectivity index (χ0) is 16.9. The quantitative estimate of drug-likeness (QED) is 0.429. The van der Waals surface area contributed by atoms with Crippen molar-refractivity contribution in [2.45, 2.75) is 51.5 Å². The fraction of sp³-hybridized carbons (Fsp3) is 0.556. The van der Waals surface area contributed by atoms with Gasteiger partial charge in [0.05, 0.1) is 11.8 Å². The van der Waals surface area contributed by atoms with Crippen LogP contribution in [-0.4, -0.2) is 24.1 Å². The Morgan fingerprint density at radius 3 is 2.35 bits per heavy atom. The molecule has 0 aliphatic rings. The van der Waals surface area contributed by atoms with Crippen molar-refractivity contribution in [2.75, 3.05) is 12.3 Å². The third kappa shape index (κ3) is 9.29. The minimum atomic E-state index is -0.0162. The molecular weight excluding hydrogens is 308 g/mol. The number of hydrogen-bond donors (Lipinski definition) is 3. The van der Waals surface area contributed by atoms with E-state index in [4.69, 9.17) is 0 Å². The van der Waals surface area contributed by atoms with Crippen molar-refractivity contribution in [3.63, 3.8) is 0 Å². The molecule has 0 saturated carbocycles. The van der Waals surface area contributed by atoms with Crippen LogP contribution in [0.2, 0.25) is 0 Å². The van der Waals surface area contributed by atoms with Gasteiger partial charge in [-0.15, -0.1) is 0 Å². The minimum absolute atomic E-state index is 0.0162. The second-order valence-electron chi connectivity index (χ2n) is 5.73. The largest absolute Gasteiger partial charge is 0.355 e. The molecule has 2 amide bonds. The van der Waals surface area contributed by atoms with E-state index in [-0.39, 0.29) is 23.6 Å².